The van der Waals surface area contributed by atoms with Gasteiger partial charge in [-0.25, -0.2) is 0 Å². The van der Waals surface area contributed by atoms with Crippen molar-refractivity contribution in [3.05, 3.63) is 45.2 Å². The van der Waals surface area contributed by atoms with Gasteiger partial charge in [0.25, 0.3) is 5.91 Å². The number of carbonyl (C=O) groups excluding carboxylic acids is 1. The number of thiazole rings is 1. The van der Waals surface area contributed by atoms with Crippen LogP contribution in [-0.2, 0) is 23.1 Å². The second kappa shape index (κ2) is 11.2. The molecule has 11 heteroatoms. The second-order valence-electron chi connectivity index (χ2n) is 9.71. The predicted molar refractivity (Wildman–Crippen MR) is 127 cm³/mol. The van der Waals surface area contributed by atoms with Crippen molar-refractivity contribution < 1.29 is 32.5 Å². The van der Waals surface area contributed by atoms with Crippen LogP contribution in [0.4, 0.5) is 13.2 Å². The van der Waals surface area contributed by atoms with Crippen LogP contribution in [0.25, 0.3) is 0 Å². The molecule has 0 saturated carbocycles. The Morgan fingerprint density at radius 3 is 2.71 bits per heavy atom. The normalized spacial score (nSPS) is 18.2. The van der Waals surface area contributed by atoms with Crippen molar-refractivity contribution in [2.24, 2.45) is 10.7 Å². The molecule has 0 bridgehead atoms. The highest BCUT2D eigenvalue weighted by molar-refractivity contribution is 7.09. The minimum atomic E-state index is -4.43. The van der Waals surface area contributed by atoms with E-state index >= 15 is 0 Å². The van der Waals surface area contributed by atoms with E-state index < -0.39 is 24.5 Å². The lowest BCUT2D eigenvalue weighted by Gasteiger charge is -2.15. The molecule has 0 spiro atoms. The van der Waals surface area contributed by atoms with Gasteiger partial charge < -0.3 is 24.9 Å². The maximum atomic E-state index is 13.3. The zero-order valence-corrected chi connectivity index (χ0v) is 20.9. The average molecular weight is 516 g/mol. The topological polar surface area (TPSA) is 99.1 Å². The number of nitrogens with two attached hydrogens (primary N) is 1. The molecule has 0 unspecified atom stereocenters. The van der Waals surface area contributed by atoms with Crippen LogP contribution >= 0.6 is 11.3 Å². The maximum absolute atomic E-state index is 13.3. The summed E-state index contributed by atoms with van der Waals surface area (Å²) in [5.74, 6) is -0.656. The number of aliphatic hydroxyl groups excluding tert-OH is 1. The molecule has 2 aromatic rings. The number of benzene rings is 1. The molecule has 3 rings (SSSR count). The minimum Gasteiger partial charge on any atom is -0.491 e. The molecule has 1 fully saturated rings. The van der Waals surface area contributed by atoms with E-state index in [1.165, 1.54) is 23.5 Å². The van der Waals surface area contributed by atoms with Gasteiger partial charge in [0.1, 0.15) is 12.4 Å². The number of hydrogen-bond acceptors (Lipinski definition) is 6. The van der Waals surface area contributed by atoms with E-state index in [1.807, 2.05) is 10.8 Å². The molecular formula is C24H32F3N3O4S. The fraction of sp³-hybridized carbons (Fsp3) is 0.583. The first-order valence-electron chi connectivity index (χ1n) is 11.5. The first-order chi connectivity index (χ1) is 16.4. The molecule has 35 heavy (non-hydrogen) atoms. The summed E-state index contributed by atoms with van der Waals surface area (Å²) in [5.41, 5.74) is 5.33. The highest BCUT2D eigenvalue weighted by atomic mass is 32.1. The average Bonchev–Trinajstić information content (AvgIpc) is 3.41. The van der Waals surface area contributed by atoms with Crippen molar-refractivity contribution in [2.45, 2.75) is 70.3 Å². The van der Waals surface area contributed by atoms with Crippen molar-refractivity contribution in [2.75, 3.05) is 19.8 Å². The standard InChI is InChI=1S/C24H32F3N3O4S/c1-23(2,3)20-12-30(11-17-5-4-8-33-17)22(35-20)29-21(32)18-9-15(10-24(25,26)27)6-7-19(18)34-14-16(28)13-31/h6-7,9,12,16-17,31H,4-5,8,10-11,13-14,28H2,1-3H3/t16-,17-/m1/s1. The van der Waals surface area contributed by atoms with Crippen molar-refractivity contribution in [1.82, 2.24) is 4.57 Å². The Labute approximate surface area is 206 Å². The molecule has 3 N–H and O–H groups in total. The van der Waals surface area contributed by atoms with Crippen LogP contribution in [-0.4, -0.2) is 53.7 Å². The Hall–Kier alpha value is -2.21. The van der Waals surface area contributed by atoms with E-state index in [1.54, 1.807) is 0 Å². The summed E-state index contributed by atoms with van der Waals surface area (Å²) in [5, 5.41) is 9.15. The number of amides is 1. The molecule has 1 aliphatic rings. The summed E-state index contributed by atoms with van der Waals surface area (Å²) in [6.07, 6.45) is -1.77. The van der Waals surface area contributed by atoms with E-state index in [0.717, 1.165) is 23.8 Å². The highest BCUT2D eigenvalue weighted by Gasteiger charge is 2.29. The summed E-state index contributed by atoms with van der Waals surface area (Å²) in [4.78, 5) is 19.0. The summed E-state index contributed by atoms with van der Waals surface area (Å²) >= 11 is 1.36. The lowest BCUT2D eigenvalue weighted by molar-refractivity contribution is -0.127. The van der Waals surface area contributed by atoms with Gasteiger partial charge in [0.2, 0.25) is 0 Å². The van der Waals surface area contributed by atoms with E-state index in [2.05, 4.69) is 25.8 Å². The van der Waals surface area contributed by atoms with E-state index in [4.69, 9.17) is 20.3 Å². The van der Waals surface area contributed by atoms with Crippen molar-refractivity contribution in [1.29, 1.82) is 0 Å². The van der Waals surface area contributed by atoms with Crippen LogP contribution in [0.1, 0.15) is 54.4 Å². The van der Waals surface area contributed by atoms with E-state index in [9.17, 15) is 18.0 Å². The Morgan fingerprint density at radius 2 is 2.11 bits per heavy atom. The highest BCUT2D eigenvalue weighted by Crippen LogP contribution is 2.28. The third kappa shape index (κ3) is 7.89. The third-order valence-corrected chi connectivity index (χ3v) is 6.89. The molecule has 2 atom stereocenters. The molecule has 1 aliphatic heterocycles. The van der Waals surface area contributed by atoms with Gasteiger partial charge >= 0.3 is 6.18 Å². The van der Waals surface area contributed by atoms with Gasteiger partial charge in [-0.2, -0.15) is 18.2 Å². The van der Waals surface area contributed by atoms with Crippen LogP contribution in [0, 0.1) is 0 Å². The Balaban J connectivity index is 2.01. The molecule has 0 radical (unpaired) electrons. The molecular weight excluding hydrogens is 483 g/mol. The first-order valence-corrected chi connectivity index (χ1v) is 12.3. The van der Waals surface area contributed by atoms with Crippen molar-refractivity contribution >= 4 is 17.2 Å². The third-order valence-electron chi connectivity index (χ3n) is 5.45. The number of aliphatic hydroxyl groups is 1. The zero-order valence-electron chi connectivity index (χ0n) is 20.1. The monoisotopic (exact) mass is 515 g/mol. The van der Waals surface area contributed by atoms with Gasteiger partial charge in [0.05, 0.1) is 37.3 Å². The molecule has 2 heterocycles. The van der Waals surface area contributed by atoms with Gasteiger partial charge in [-0.3, -0.25) is 4.79 Å². The van der Waals surface area contributed by atoms with Gasteiger partial charge in [0.15, 0.2) is 4.80 Å². The van der Waals surface area contributed by atoms with E-state index in [0.29, 0.717) is 18.0 Å². The second-order valence-corrected chi connectivity index (χ2v) is 10.7. The SMILES string of the molecule is CC(C)(C)c1cn(C[C@H]2CCCO2)c(=NC(=O)c2cc(CC(F)(F)F)ccc2OC[C@H](N)CO)s1. The molecule has 1 amide bonds. The van der Waals surface area contributed by atoms with Crippen LogP contribution in [0.15, 0.2) is 29.4 Å². The molecule has 1 aromatic heterocycles. The molecule has 7 nitrogen and oxygen atoms in total. The fourth-order valence-corrected chi connectivity index (χ4v) is 4.62. The van der Waals surface area contributed by atoms with Crippen LogP contribution in [0.5, 0.6) is 5.75 Å². The van der Waals surface area contributed by atoms with Gasteiger partial charge in [-0.1, -0.05) is 26.8 Å². The number of rotatable bonds is 8. The molecule has 1 saturated heterocycles. The van der Waals surface area contributed by atoms with Crippen molar-refractivity contribution in [3.8, 4) is 5.75 Å². The smallest absolute Gasteiger partial charge is 0.393 e. The molecule has 1 aromatic carbocycles. The lowest BCUT2D eigenvalue weighted by atomic mass is 9.95. The number of alkyl halides is 3. The maximum Gasteiger partial charge on any atom is 0.393 e. The first kappa shape index (κ1) is 27.4. The van der Waals surface area contributed by atoms with Crippen molar-refractivity contribution in [3.63, 3.8) is 0 Å². The summed E-state index contributed by atoms with van der Waals surface area (Å²) in [6.45, 7) is 6.93. The molecule has 194 valence electrons. The minimum absolute atomic E-state index is 0.0143. The van der Waals surface area contributed by atoms with Gasteiger partial charge in [0, 0.05) is 17.7 Å². The van der Waals surface area contributed by atoms with Crippen LogP contribution < -0.4 is 15.3 Å². The van der Waals surface area contributed by atoms with Gasteiger partial charge in [-0.05, 0) is 36.0 Å². The number of carbonyl (C=O) groups is 1. The largest absolute Gasteiger partial charge is 0.491 e. The number of nitrogens with zero attached hydrogens (tertiary/aromatic N) is 2. The number of ether oxygens (including phenoxy) is 2. The number of hydrogen-bond donors (Lipinski definition) is 2. The van der Waals surface area contributed by atoms with Crippen LogP contribution in [0.3, 0.4) is 0 Å². The van der Waals surface area contributed by atoms with Crippen LogP contribution in [0.2, 0.25) is 0 Å². The Morgan fingerprint density at radius 1 is 1.37 bits per heavy atom. The van der Waals surface area contributed by atoms with E-state index in [-0.39, 0.29) is 41.6 Å². The number of aromatic nitrogens is 1. The predicted octanol–water partition coefficient (Wildman–Crippen LogP) is 3.57. The van der Waals surface area contributed by atoms with Gasteiger partial charge in [-0.15, -0.1) is 11.3 Å². The molecule has 0 aliphatic carbocycles. The Kier molecular flexibility index (Phi) is 8.79. The zero-order chi connectivity index (χ0) is 25.8. The summed E-state index contributed by atoms with van der Waals surface area (Å²) in [6, 6.07) is 3.01. The summed E-state index contributed by atoms with van der Waals surface area (Å²) in [7, 11) is 0. The number of halogens is 3. The fourth-order valence-electron chi connectivity index (χ4n) is 3.56. The summed E-state index contributed by atoms with van der Waals surface area (Å²) < 4.78 is 52.1. The Bertz CT molecular complexity index is 1080. The quantitative estimate of drug-likeness (QED) is 0.560. The lowest BCUT2D eigenvalue weighted by Crippen LogP contribution is -2.31.